The molecule has 0 N–H and O–H groups in total. The lowest BCUT2D eigenvalue weighted by molar-refractivity contribution is 0.262. The van der Waals surface area contributed by atoms with Crippen molar-refractivity contribution < 1.29 is 0 Å². The Kier molecular flexibility index (Phi) is 6.91. The summed E-state index contributed by atoms with van der Waals surface area (Å²) in [6.45, 7) is 5.97. The Labute approximate surface area is 196 Å². The molecule has 1 saturated heterocycles. The molecule has 1 aliphatic heterocycles. The van der Waals surface area contributed by atoms with Gasteiger partial charge in [0.25, 0.3) is 0 Å². The zero-order chi connectivity index (χ0) is 22.5. The van der Waals surface area contributed by atoms with E-state index >= 15 is 0 Å². The van der Waals surface area contributed by atoms with Gasteiger partial charge in [-0.3, -0.25) is 14.0 Å². The van der Waals surface area contributed by atoms with Gasteiger partial charge in [-0.05, 0) is 49.4 Å². The molecular formula is C27H35N5O. The number of aromatic nitrogens is 3. The standard InChI is InChI=1S/C27H35N5O/c33-27-31(24-12-4-5-13-25(24)32(27)22-23-10-2-1-3-11-23)17-9-8-16-29-18-20-30(21-19-29)26-14-6-7-15-28-26/h4-7,9,12-15,17,23H,1-3,8,10-11,16,18-22H2. The van der Waals surface area contributed by atoms with Crippen LogP contribution in [-0.2, 0) is 6.54 Å². The van der Waals surface area contributed by atoms with Crippen LogP contribution in [0.25, 0.3) is 17.2 Å². The van der Waals surface area contributed by atoms with Gasteiger partial charge >= 0.3 is 5.69 Å². The lowest BCUT2D eigenvalue weighted by atomic mass is 9.89. The van der Waals surface area contributed by atoms with Gasteiger partial charge in [0.1, 0.15) is 5.82 Å². The molecule has 3 heterocycles. The lowest BCUT2D eigenvalue weighted by Crippen LogP contribution is -2.46. The lowest BCUT2D eigenvalue weighted by Gasteiger charge is -2.35. The van der Waals surface area contributed by atoms with E-state index in [4.69, 9.17) is 0 Å². The summed E-state index contributed by atoms with van der Waals surface area (Å²) in [7, 11) is 0. The molecule has 3 aromatic rings. The van der Waals surface area contributed by atoms with Gasteiger partial charge in [-0.1, -0.05) is 43.5 Å². The normalized spacial score (nSPS) is 18.5. The van der Waals surface area contributed by atoms with Crippen molar-refractivity contribution in [3.05, 3.63) is 65.2 Å². The topological polar surface area (TPSA) is 46.3 Å². The molecule has 174 valence electrons. The molecule has 0 spiro atoms. The first kappa shape index (κ1) is 22.0. The Hall–Kier alpha value is -2.86. The molecule has 5 rings (SSSR count). The SMILES string of the molecule is O=c1n(C=CCCN2CCN(c3ccccn3)CC2)c2ccccc2n1CC1CCCCC1. The molecule has 0 atom stereocenters. The molecule has 0 amide bonds. The van der Waals surface area contributed by atoms with Crippen LogP contribution in [0.4, 0.5) is 5.82 Å². The zero-order valence-corrected chi connectivity index (χ0v) is 19.5. The second kappa shape index (κ2) is 10.4. The maximum atomic E-state index is 13.3. The number of hydrogen-bond acceptors (Lipinski definition) is 4. The van der Waals surface area contributed by atoms with E-state index in [2.05, 4.69) is 39.1 Å². The fraction of sp³-hybridized carbons (Fsp3) is 0.481. The number of para-hydroxylation sites is 2. The molecule has 2 aliphatic rings. The van der Waals surface area contributed by atoms with E-state index < -0.39 is 0 Å². The Morgan fingerprint density at radius 1 is 0.909 bits per heavy atom. The van der Waals surface area contributed by atoms with E-state index in [-0.39, 0.29) is 5.69 Å². The molecule has 0 radical (unpaired) electrons. The highest BCUT2D eigenvalue weighted by atomic mass is 16.1. The van der Waals surface area contributed by atoms with Crippen LogP contribution in [0.1, 0.15) is 38.5 Å². The van der Waals surface area contributed by atoms with Crippen LogP contribution in [0.3, 0.4) is 0 Å². The van der Waals surface area contributed by atoms with Gasteiger partial charge in [0.05, 0.1) is 11.0 Å². The molecule has 1 saturated carbocycles. The van der Waals surface area contributed by atoms with Gasteiger partial charge in [-0.2, -0.15) is 0 Å². The molecule has 6 nitrogen and oxygen atoms in total. The Bertz CT molecular complexity index is 1120. The van der Waals surface area contributed by atoms with E-state index in [1.54, 1.807) is 0 Å². The Morgan fingerprint density at radius 2 is 1.67 bits per heavy atom. The first-order valence-electron chi connectivity index (χ1n) is 12.5. The van der Waals surface area contributed by atoms with E-state index in [1.807, 2.05) is 45.8 Å². The summed E-state index contributed by atoms with van der Waals surface area (Å²) in [4.78, 5) is 22.6. The van der Waals surface area contributed by atoms with Gasteiger partial charge in [0.2, 0.25) is 0 Å². The smallest absolute Gasteiger partial charge is 0.333 e. The van der Waals surface area contributed by atoms with Crippen molar-refractivity contribution in [3.8, 4) is 0 Å². The second-order valence-corrected chi connectivity index (χ2v) is 9.45. The Balaban J connectivity index is 1.20. The summed E-state index contributed by atoms with van der Waals surface area (Å²) in [5.41, 5.74) is 2.17. The minimum Gasteiger partial charge on any atom is -0.354 e. The van der Waals surface area contributed by atoms with Crippen LogP contribution >= 0.6 is 0 Å². The van der Waals surface area contributed by atoms with Gasteiger partial charge in [0.15, 0.2) is 0 Å². The third-order valence-corrected chi connectivity index (χ3v) is 7.25. The number of benzene rings is 1. The molecule has 0 unspecified atom stereocenters. The highest BCUT2D eigenvalue weighted by molar-refractivity contribution is 5.78. The van der Waals surface area contributed by atoms with Crippen LogP contribution in [0.15, 0.2) is 59.5 Å². The molecule has 0 bridgehead atoms. The largest absolute Gasteiger partial charge is 0.354 e. The molecule has 2 aromatic heterocycles. The molecule has 6 heteroatoms. The van der Waals surface area contributed by atoms with Crippen molar-refractivity contribution in [3.63, 3.8) is 0 Å². The number of anilines is 1. The summed E-state index contributed by atoms with van der Waals surface area (Å²) >= 11 is 0. The van der Waals surface area contributed by atoms with Crippen molar-refractivity contribution in [1.29, 1.82) is 0 Å². The van der Waals surface area contributed by atoms with Crippen molar-refractivity contribution in [2.75, 3.05) is 37.6 Å². The number of fused-ring (bicyclic) bond motifs is 1. The highest BCUT2D eigenvalue weighted by Crippen LogP contribution is 2.26. The van der Waals surface area contributed by atoms with Gasteiger partial charge in [-0.25, -0.2) is 9.78 Å². The summed E-state index contributed by atoms with van der Waals surface area (Å²) in [6.07, 6.45) is 13.4. The Morgan fingerprint density at radius 3 is 2.42 bits per heavy atom. The van der Waals surface area contributed by atoms with Crippen molar-refractivity contribution >= 4 is 23.1 Å². The highest BCUT2D eigenvalue weighted by Gasteiger charge is 2.19. The quantitative estimate of drug-likeness (QED) is 0.539. The van der Waals surface area contributed by atoms with E-state index in [1.165, 1.54) is 32.1 Å². The number of rotatable bonds is 7. The third kappa shape index (κ3) is 5.06. The zero-order valence-electron chi connectivity index (χ0n) is 19.5. The van der Waals surface area contributed by atoms with Crippen molar-refractivity contribution in [1.82, 2.24) is 19.0 Å². The molecule has 33 heavy (non-hydrogen) atoms. The first-order valence-corrected chi connectivity index (χ1v) is 12.5. The van der Waals surface area contributed by atoms with E-state index in [0.717, 1.165) is 62.5 Å². The van der Waals surface area contributed by atoms with E-state index in [0.29, 0.717) is 5.92 Å². The van der Waals surface area contributed by atoms with Crippen LogP contribution in [0.5, 0.6) is 0 Å². The number of nitrogens with zero attached hydrogens (tertiary/aromatic N) is 5. The van der Waals surface area contributed by atoms with Crippen molar-refractivity contribution in [2.45, 2.75) is 45.1 Å². The third-order valence-electron chi connectivity index (χ3n) is 7.25. The number of imidazole rings is 1. The van der Waals surface area contributed by atoms with Gasteiger partial charge in [0, 0.05) is 51.7 Å². The minimum absolute atomic E-state index is 0.0991. The van der Waals surface area contributed by atoms with Crippen molar-refractivity contribution in [2.24, 2.45) is 5.92 Å². The molecule has 1 aliphatic carbocycles. The maximum Gasteiger partial charge on any atom is 0.333 e. The minimum atomic E-state index is 0.0991. The second-order valence-electron chi connectivity index (χ2n) is 9.45. The average Bonchev–Trinajstić information content (AvgIpc) is 3.14. The summed E-state index contributed by atoms with van der Waals surface area (Å²) in [5, 5.41) is 0. The summed E-state index contributed by atoms with van der Waals surface area (Å²) in [6, 6.07) is 14.3. The fourth-order valence-electron chi connectivity index (χ4n) is 5.36. The predicted octanol–water partition coefficient (Wildman–Crippen LogP) is 4.46. The predicted molar refractivity (Wildman–Crippen MR) is 136 cm³/mol. The van der Waals surface area contributed by atoms with E-state index in [9.17, 15) is 4.79 Å². The molecule has 2 fully saturated rings. The maximum absolute atomic E-state index is 13.3. The number of hydrogen-bond donors (Lipinski definition) is 0. The summed E-state index contributed by atoms with van der Waals surface area (Å²) < 4.78 is 3.85. The fourth-order valence-corrected chi connectivity index (χ4v) is 5.36. The van der Waals surface area contributed by atoms with Gasteiger partial charge in [-0.15, -0.1) is 0 Å². The number of pyridine rings is 1. The van der Waals surface area contributed by atoms with Crippen LogP contribution < -0.4 is 10.6 Å². The van der Waals surface area contributed by atoms with Crippen LogP contribution in [-0.4, -0.2) is 51.7 Å². The molecular weight excluding hydrogens is 410 g/mol. The molecule has 1 aromatic carbocycles. The van der Waals surface area contributed by atoms with Crippen LogP contribution in [0.2, 0.25) is 0 Å². The van der Waals surface area contributed by atoms with Gasteiger partial charge < -0.3 is 4.90 Å². The average molecular weight is 446 g/mol. The van der Waals surface area contributed by atoms with Crippen LogP contribution in [0, 0.1) is 5.92 Å². The summed E-state index contributed by atoms with van der Waals surface area (Å²) in [5.74, 6) is 1.70. The first-order chi connectivity index (χ1) is 16.3. The monoisotopic (exact) mass is 445 g/mol. The number of piperazine rings is 1.